The number of ether oxygens (including phenoxy) is 1. The first-order valence-corrected chi connectivity index (χ1v) is 10.4. The fourth-order valence-electron chi connectivity index (χ4n) is 2.47. The predicted octanol–water partition coefficient (Wildman–Crippen LogP) is 1.70. The largest absolute Gasteiger partial charge is 0.492 e. The van der Waals surface area contributed by atoms with Crippen LogP contribution in [0, 0.1) is 0 Å². The maximum Gasteiger partial charge on any atom is 0.336 e. The Bertz CT molecular complexity index is 1020. The van der Waals surface area contributed by atoms with Gasteiger partial charge in [0.1, 0.15) is 12.3 Å². The summed E-state index contributed by atoms with van der Waals surface area (Å²) in [7, 11) is -3.79. The molecule has 0 atom stereocenters. The van der Waals surface area contributed by atoms with Crippen LogP contribution in [0.15, 0.2) is 53.6 Å². The Morgan fingerprint density at radius 3 is 2.48 bits per heavy atom. The van der Waals surface area contributed by atoms with Crippen LogP contribution in [0.5, 0.6) is 5.75 Å². The van der Waals surface area contributed by atoms with Gasteiger partial charge < -0.3 is 9.84 Å². The number of carboxylic acids is 1. The molecule has 154 valence electrons. The van der Waals surface area contributed by atoms with Gasteiger partial charge in [0.25, 0.3) is 5.91 Å². The van der Waals surface area contributed by atoms with Gasteiger partial charge >= 0.3 is 5.97 Å². The maximum absolute atomic E-state index is 12.3. The number of hydrogen-bond donors (Lipinski definition) is 2. The second-order valence-corrected chi connectivity index (χ2v) is 7.76. The first-order chi connectivity index (χ1) is 13.7. The Morgan fingerprint density at radius 2 is 1.83 bits per heavy atom. The fraction of sp³-hybridized carbons (Fsp3) is 0.211. The van der Waals surface area contributed by atoms with E-state index < -0.39 is 28.4 Å². The van der Waals surface area contributed by atoms with Crippen LogP contribution in [0.3, 0.4) is 0 Å². The number of rotatable bonds is 9. The highest BCUT2D eigenvalue weighted by Gasteiger charge is 2.23. The number of carboxylic acid groups (broad SMARTS) is 1. The van der Waals surface area contributed by atoms with E-state index in [4.69, 9.17) is 9.84 Å². The molecule has 0 aliphatic heterocycles. The fourth-order valence-corrected chi connectivity index (χ4v) is 3.33. The van der Waals surface area contributed by atoms with E-state index in [-0.39, 0.29) is 11.3 Å². The Kier molecular flexibility index (Phi) is 7.32. The number of anilines is 1. The molecule has 2 aromatic rings. The molecule has 0 radical (unpaired) electrons. The zero-order chi connectivity index (χ0) is 21.4. The summed E-state index contributed by atoms with van der Waals surface area (Å²) in [5.74, 6) is -1.51. The summed E-state index contributed by atoms with van der Waals surface area (Å²) in [5, 5.41) is 12.9. The van der Waals surface area contributed by atoms with E-state index in [9.17, 15) is 18.0 Å². The SMILES string of the molecule is CCOc1ccccc1N(CC(=O)N/N=C\c1ccccc1C(=O)O)S(C)(=O)=O. The molecule has 29 heavy (non-hydrogen) atoms. The minimum absolute atomic E-state index is 0.0221. The van der Waals surface area contributed by atoms with Gasteiger partial charge in [0.2, 0.25) is 10.0 Å². The molecular formula is C19H21N3O6S. The van der Waals surface area contributed by atoms with Crippen LogP contribution in [0.4, 0.5) is 5.69 Å². The van der Waals surface area contributed by atoms with Gasteiger partial charge in [-0.25, -0.2) is 18.6 Å². The number of benzene rings is 2. The third kappa shape index (κ3) is 6.04. The lowest BCUT2D eigenvalue weighted by molar-refractivity contribution is -0.119. The lowest BCUT2D eigenvalue weighted by Gasteiger charge is -2.23. The summed E-state index contributed by atoms with van der Waals surface area (Å²) in [6.07, 6.45) is 2.16. The van der Waals surface area contributed by atoms with E-state index in [0.29, 0.717) is 17.9 Å². The van der Waals surface area contributed by atoms with Gasteiger partial charge in [0.05, 0.1) is 30.3 Å². The second kappa shape index (κ2) is 9.69. The molecule has 2 N–H and O–H groups in total. The second-order valence-electron chi connectivity index (χ2n) is 5.86. The number of carbonyl (C=O) groups is 2. The zero-order valence-corrected chi connectivity index (χ0v) is 16.7. The van der Waals surface area contributed by atoms with Crippen molar-refractivity contribution in [3.05, 3.63) is 59.7 Å². The Morgan fingerprint density at radius 1 is 1.17 bits per heavy atom. The maximum atomic E-state index is 12.3. The van der Waals surface area contributed by atoms with E-state index in [1.54, 1.807) is 37.3 Å². The molecule has 0 spiro atoms. The van der Waals surface area contributed by atoms with Crippen LogP contribution in [0.25, 0.3) is 0 Å². The molecule has 0 unspecified atom stereocenters. The zero-order valence-electron chi connectivity index (χ0n) is 15.9. The van der Waals surface area contributed by atoms with Gasteiger partial charge in [-0.1, -0.05) is 30.3 Å². The van der Waals surface area contributed by atoms with Crippen molar-refractivity contribution in [3.63, 3.8) is 0 Å². The Hall–Kier alpha value is -3.40. The van der Waals surface area contributed by atoms with Gasteiger partial charge in [-0.3, -0.25) is 9.10 Å². The highest BCUT2D eigenvalue weighted by molar-refractivity contribution is 7.92. The summed E-state index contributed by atoms with van der Waals surface area (Å²) in [4.78, 5) is 23.4. The van der Waals surface area contributed by atoms with Gasteiger partial charge in [0.15, 0.2) is 0 Å². The van der Waals surface area contributed by atoms with E-state index in [0.717, 1.165) is 10.6 Å². The molecule has 0 aliphatic rings. The number of nitrogens with zero attached hydrogens (tertiary/aromatic N) is 2. The molecule has 0 aliphatic carbocycles. The van der Waals surface area contributed by atoms with Crippen LogP contribution in [-0.4, -0.2) is 51.0 Å². The Labute approximate surface area is 168 Å². The number of carbonyl (C=O) groups excluding carboxylic acids is 1. The number of amides is 1. The number of aromatic carboxylic acids is 1. The minimum atomic E-state index is -3.79. The number of sulfonamides is 1. The van der Waals surface area contributed by atoms with Crippen LogP contribution >= 0.6 is 0 Å². The van der Waals surface area contributed by atoms with E-state index in [1.807, 2.05) is 0 Å². The normalized spacial score (nSPS) is 11.2. The molecule has 0 saturated carbocycles. The van der Waals surface area contributed by atoms with Crippen molar-refractivity contribution in [2.24, 2.45) is 5.10 Å². The van der Waals surface area contributed by atoms with Gasteiger partial charge in [-0.05, 0) is 25.1 Å². The lowest BCUT2D eigenvalue weighted by atomic mass is 10.1. The standard InChI is InChI=1S/C19H21N3O6S/c1-3-28-17-11-7-6-10-16(17)22(29(2,26)27)13-18(23)21-20-12-14-8-4-5-9-15(14)19(24)25/h4-12H,3,13H2,1-2H3,(H,21,23)(H,24,25)/b20-12-. The molecule has 0 bridgehead atoms. The molecule has 2 aromatic carbocycles. The van der Waals surface area contributed by atoms with Crippen molar-refractivity contribution >= 4 is 33.8 Å². The van der Waals surface area contributed by atoms with Crippen molar-refractivity contribution < 1.29 is 27.9 Å². The summed E-state index contributed by atoms with van der Waals surface area (Å²) >= 11 is 0. The van der Waals surface area contributed by atoms with Crippen LogP contribution in [0.2, 0.25) is 0 Å². The van der Waals surface area contributed by atoms with E-state index in [1.165, 1.54) is 24.4 Å². The van der Waals surface area contributed by atoms with E-state index >= 15 is 0 Å². The van der Waals surface area contributed by atoms with Crippen molar-refractivity contribution in [2.75, 3.05) is 23.7 Å². The van der Waals surface area contributed by atoms with Gasteiger partial charge in [-0.15, -0.1) is 0 Å². The summed E-state index contributed by atoms with van der Waals surface area (Å²) < 4.78 is 30.8. The molecule has 0 heterocycles. The molecule has 9 nitrogen and oxygen atoms in total. The molecule has 2 rings (SSSR count). The van der Waals surface area contributed by atoms with Gasteiger partial charge in [-0.2, -0.15) is 5.10 Å². The third-order valence-electron chi connectivity index (χ3n) is 3.71. The summed E-state index contributed by atoms with van der Waals surface area (Å²) in [5.41, 5.74) is 2.76. The lowest BCUT2D eigenvalue weighted by Crippen LogP contribution is -2.39. The van der Waals surface area contributed by atoms with Crippen LogP contribution in [0.1, 0.15) is 22.8 Å². The first kappa shape index (κ1) is 21.9. The molecule has 1 amide bonds. The smallest absolute Gasteiger partial charge is 0.336 e. The molecular weight excluding hydrogens is 398 g/mol. The topological polar surface area (TPSA) is 125 Å². The average Bonchev–Trinajstić information content (AvgIpc) is 2.66. The highest BCUT2D eigenvalue weighted by atomic mass is 32.2. The molecule has 0 fully saturated rings. The average molecular weight is 419 g/mol. The van der Waals surface area contributed by atoms with Crippen LogP contribution in [-0.2, 0) is 14.8 Å². The number of hydrogen-bond acceptors (Lipinski definition) is 6. The predicted molar refractivity (Wildman–Crippen MR) is 109 cm³/mol. The van der Waals surface area contributed by atoms with Crippen molar-refractivity contribution in [1.82, 2.24) is 5.43 Å². The van der Waals surface area contributed by atoms with Gasteiger partial charge in [0, 0.05) is 5.56 Å². The quantitative estimate of drug-likeness (QED) is 0.471. The van der Waals surface area contributed by atoms with Crippen molar-refractivity contribution in [3.8, 4) is 5.75 Å². The number of hydrazone groups is 1. The highest BCUT2D eigenvalue weighted by Crippen LogP contribution is 2.29. The first-order valence-electron chi connectivity index (χ1n) is 8.57. The Balaban J connectivity index is 2.18. The van der Waals surface area contributed by atoms with Crippen molar-refractivity contribution in [2.45, 2.75) is 6.92 Å². The number of para-hydroxylation sites is 2. The van der Waals surface area contributed by atoms with E-state index in [2.05, 4.69) is 10.5 Å². The molecule has 0 saturated heterocycles. The molecule has 10 heteroatoms. The minimum Gasteiger partial charge on any atom is -0.492 e. The number of nitrogens with one attached hydrogen (secondary N) is 1. The monoisotopic (exact) mass is 419 g/mol. The molecule has 0 aromatic heterocycles. The summed E-state index contributed by atoms with van der Waals surface area (Å²) in [6, 6.07) is 12.6. The summed E-state index contributed by atoms with van der Waals surface area (Å²) in [6.45, 7) is 1.56. The van der Waals surface area contributed by atoms with Crippen LogP contribution < -0.4 is 14.5 Å². The van der Waals surface area contributed by atoms with Crippen molar-refractivity contribution in [1.29, 1.82) is 0 Å². The third-order valence-corrected chi connectivity index (χ3v) is 4.83.